The largest absolute Gasteiger partial charge is 0.478 e. The number of nitro benzene ring substituents is 1. The van der Waals surface area contributed by atoms with E-state index in [1.807, 2.05) is 26.0 Å². The average molecular weight is 287 g/mol. The summed E-state index contributed by atoms with van der Waals surface area (Å²) in [6, 6.07) is 8.97. The van der Waals surface area contributed by atoms with E-state index in [-0.39, 0.29) is 17.0 Å². The summed E-state index contributed by atoms with van der Waals surface area (Å²) in [5.74, 6) is -0.699. The highest BCUT2D eigenvalue weighted by atomic mass is 16.6. The van der Waals surface area contributed by atoms with Crippen LogP contribution in [0.4, 0.5) is 5.69 Å². The van der Waals surface area contributed by atoms with Gasteiger partial charge in [0.15, 0.2) is 0 Å². The van der Waals surface area contributed by atoms with Crippen molar-refractivity contribution in [1.29, 1.82) is 0 Å². The second kappa shape index (κ2) is 5.62. The van der Waals surface area contributed by atoms with Crippen molar-refractivity contribution in [3.05, 3.63) is 63.2 Å². The number of nitro groups is 1. The van der Waals surface area contributed by atoms with Gasteiger partial charge in [-0.2, -0.15) is 0 Å². The number of hydrogen-bond donors (Lipinski definition) is 1. The molecule has 0 saturated heterocycles. The molecule has 0 fully saturated rings. The standard InChI is InChI=1S/C15H13NO5/c1-9-3-5-13(10(2)7-9)21-14-6-4-11(16(19)20)8-12(14)15(17)18/h3-8H,1-2H3,(H,17,18). The Hall–Kier alpha value is -2.89. The van der Waals surface area contributed by atoms with Crippen molar-refractivity contribution in [3.8, 4) is 11.5 Å². The zero-order chi connectivity index (χ0) is 15.6. The Bertz CT molecular complexity index is 724. The van der Waals surface area contributed by atoms with Crippen molar-refractivity contribution in [2.75, 3.05) is 0 Å². The van der Waals surface area contributed by atoms with Crippen LogP contribution in [0.1, 0.15) is 21.5 Å². The molecule has 0 aliphatic carbocycles. The average Bonchev–Trinajstić information content (AvgIpc) is 2.41. The number of carboxylic acid groups (broad SMARTS) is 1. The van der Waals surface area contributed by atoms with E-state index in [0.717, 1.165) is 17.2 Å². The zero-order valence-corrected chi connectivity index (χ0v) is 11.5. The molecule has 0 aliphatic heterocycles. The maximum atomic E-state index is 11.2. The van der Waals surface area contributed by atoms with Crippen LogP contribution in [0.2, 0.25) is 0 Å². The van der Waals surface area contributed by atoms with E-state index < -0.39 is 10.9 Å². The molecule has 108 valence electrons. The molecule has 0 unspecified atom stereocenters. The summed E-state index contributed by atoms with van der Waals surface area (Å²) < 4.78 is 5.59. The number of hydrogen-bond acceptors (Lipinski definition) is 4. The van der Waals surface area contributed by atoms with Crippen molar-refractivity contribution in [1.82, 2.24) is 0 Å². The van der Waals surface area contributed by atoms with Gasteiger partial charge in [-0.25, -0.2) is 4.79 Å². The molecule has 0 radical (unpaired) electrons. The number of ether oxygens (including phenoxy) is 1. The molecule has 0 saturated carbocycles. The Morgan fingerprint density at radius 2 is 1.81 bits per heavy atom. The molecule has 6 nitrogen and oxygen atoms in total. The summed E-state index contributed by atoms with van der Waals surface area (Å²) in [4.78, 5) is 21.3. The number of rotatable bonds is 4. The van der Waals surface area contributed by atoms with Crippen LogP contribution in [0.3, 0.4) is 0 Å². The third kappa shape index (κ3) is 3.17. The van der Waals surface area contributed by atoms with Gasteiger partial charge in [-0.05, 0) is 31.5 Å². The lowest BCUT2D eigenvalue weighted by Gasteiger charge is -2.11. The van der Waals surface area contributed by atoms with E-state index in [1.54, 1.807) is 6.07 Å². The highest BCUT2D eigenvalue weighted by molar-refractivity contribution is 5.91. The number of benzene rings is 2. The summed E-state index contributed by atoms with van der Waals surface area (Å²) in [6.45, 7) is 3.78. The first-order valence-electron chi connectivity index (χ1n) is 6.15. The maximum absolute atomic E-state index is 11.2. The van der Waals surface area contributed by atoms with Gasteiger partial charge in [-0.15, -0.1) is 0 Å². The van der Waals surface area contributed by atoms with Crippen LogP contribution in [-0.2, 0) is 0 Å². The predicted octanol–water partition coefficient (Wildman–Crippen LogP) is 3.70. The molecule has 6 heteroatoms. The van der Waals surface area contributed by atoms with Crippen molar-refractivity contribution >= 4 is 11.7 Å². The van der Waals surface area contributed by atoms with E-state index in [9.17, 15) is 14.9 Å². The van der Waals surface area contributed by atoms with E-state index in [2.05, 4.69) is 0 Å². The van der Waals surface area contributed by atoms with Crippen LogP contribution in [-0.4, -0.2) is 16.0 Å². The van der Waals surface area contributed by atoms with E-state index in [0.29, 0.717) is 5.75 Å². The molecule has 0 atom stereocenters. The number of non-ortho nitro benzene ring substituents is 1. The van der Waals surface area contributed by atoms with Gasteiger partial charge in [0.25, 0.3) is 5.69 Å². The second-order valence-electron chi connectivity index (χ2n) is 4.61. The molecule has 0 heterocycles. The highest BCUT2D eigenvalue weighted by Gasteiger charge is 2.18. The topological polar surface area (TPSA) is 89.7 Å². The smallest absolute Gasteiger partial charge is 0.339 e. The normalized spacial score (nSPS) is 10.2. The van der Waals surface area contributed by atoms with Crippen molar-refractivity contribution in [3.63, 3.8) is 0 Å². The Labute approximate surface area is 120 Å². The molecule has 0 amide bonds. The minimum atomic E-state index is -1.28. The molecular formula is C15H13NO5. The first-order chi connectivity index (χ1) is 9.88. The molecular weight excluding hydrogens is 274 g/mol. The van der Waals surface area contributed by atoms with Gasteiger partial charge in [0, 0.05) is 12.1 Å². The Balaban J connectivity index is 2.44. The molecule has 2 aromatic rings. The minimum absolute atomic E-state index is 0.0695. The van der Waals surface area contributed by atoms with Gasteiger partial charge in [-0.1, -0.05) is 17.7 Å². The lowest BCUT2D eigenvalue weighted by atomic mass is 10.1. The van der Waals surface area contributed by atoms with Crippen molar-refractivity contribution in [2.45, 2.75) is 13.8 Å². The quantitative estimate of drug-likeness (QED) is 0.684. The second-order valence-corrected chi connectivity index (χ2v) is 4.61. The van der Waals surface area contributed by atoms with Crippen molar-refractivity contribution < 1.29 is 19.6 Å². The number of carboxylic acids is 1. The number of nitrogens with zero attached hydrogens (tertiary/aromatic N) is 1. The SMILES string of the molecule is Cc1ccc(Oc2ccc([N+](=O)[O-])cc2C(=O)O)c(C)c1. The minimum Gasteiger partial charge on any atom is -0.478 e. The van der Waals surface area contributed by atoms with Gasteiger partial charge in [0.2, 0.25) is 0 Å². The summed E-state index contributed by atoms with van der Waals surface area (Å²) in [7, 11) is 0. The summed E-state index contributed by atoms with van der Waals surface area (Å²) in [6.07, 6.45) is 0. The summed E-state index contributed by atoms with van der Waals surface area (Å²) in [5.41, 5.74) is 1.37. The van der Waals surface area contributed by atoms with Gasteiger partial charge < -0.3 is 9.84 Å². The van der Waals surface area contributed by atoms with Gasteiger partial charge in [0.1, 0.15) is 17.1 Å². The van der Waals surface area contributed by atoms with Gasteiger partial charge in [0.05, 0.1) is 4.92 Å². The fourth-order valence-electron chi connectivity index (χ4n) is 1.92. The number of aromatic carboxylic acids is 1. The van der Waals surface area contributed by atoms with Crippen LogP contribution < -0.4 is 4.74 Å². The molecule has 0 aliphatic rings. The lowest BCUT2D eigenvalue weighted by molar-refractivity contribution is -0.384. The fraction of sp³-hybridized carbons (Fsp3) is 0.133. The third-order valence-corrected chi connectivity index (χ3v) is 2.95. The molecule has 0 bridgehead atoms. The number of aryl methyl sites for hydroxylation is 2. The van der Waals surface area contributed by atoms with Crippen LogP contribution in [0.25, 0.3) is 0 Å². The van der Waals surface area contributed by atoms with Gasteiger partial charge >= 0.3 is 5.97 Å². The summed E-state index contributed by atoms with van der Waals surface area (Å²) >= 11 is 0. The first-order valence-corrected chi connectivity index (χ1v) is 6.15. The first kappa shape index (κ1) is 14.5. The Kier molecular flexibility index (Phi) is 3.89. The van der Waals surface area contributed by atoms with Crippen LogP contribution in [0.5, 0.6) is 11.5 Å². The highest BCUT2D eigenvalue weighted by Crippen LogP contribution is 2.30. The van der Waals surface area contributed by atoms with Crippen LogP contribution in [0.15, 0.2) is 36.4 Å². The molecule has 2 aromatic carbocycles. The van der Waals surface area contributed by atoms with Crippen LogP contribution >= 0.6 is 0 Å². The maximum Gasteiger partial charge on any atom is 0.339 e. The predicted molar refractivity (Wildman–Crippen MR) is 76.0 cm³/mol. The van der Waals surface area contributed by atoms with E-state index in [1.165, 1.54) is 12.1 Å². The van der Waals surface area contributed by atoms with Gasteiger partial charge in [-0.3, -0.25) is 10.1 Å². The Morgan fingerprint density at radius 1 is 1.14 bits per heavy atom. The zero-order valence-electron chi connectivity index (χ0n) is 11.5. The number of carbonyl (C=O) groups is 1. The molecule has 0 spiro atoms. The lowest BCUT2D eigenvalue weighted by Crippen LogP contribution is -2.02. The molecule has 21 heavy (non-hydrogen) atoms. The monoisotopic (exact) mass is 287 g/mol. The van der Waals surface area contributed by atoms with E-state index >= 15 is 0 Å². The van der Waals surface area contributed by atoms with Crippen LogP contribution in [0, 0.1) is 24.0 Å². The molecule has 2 rings (SSSR count). The molecule has 0 aromatic heterocycles. The fourth-order valence-corrected chi connectivity index (χ4v) is 1.92. The van der Waals surface area contributed by atoms with E-state index in [4.69, 9.17) is 9.84 Å². The third-order valence-electron chi connectivity index (χ3n) is 2.95. The Morgan fingerprint density at radius 3 is 2.38 bits per heavy atom. The molecule has 1 N–H and O–H groups in total. The summed E-state index contributed by atoms with van der Waals surface area (Å²) in [5, 5.41) is 19.9. The van der Waals surface area contributed by atoms with Crippen molar-refractivity contribution in [2.24, 2.45) is 0 Å².